The van der Waals surface area contributed by atoms with Gasteiger partial charge in [0.1, 0.15) is 17.1 Å². The Kier molecular flexibility index (Phi) is 6.32. The van der Waals surface area contributed by atoms with E-state index in [4.69, 9.17) is 9.84 Å². The van der Waals surface area contributed by atoms with Crippen LogP contribution in [0.5, 0.6) is 5.75 Å². The Morgan fingerprint density at radius 1 is 1.09 bits per heavy atom. The zero-order valence-corrected chi connectivity index (χ0v) is 19.6. The average Bonchev–Trinajstić information content (AvgIpc) is 3.58. The average molecular weight is 481 g/mol. The highest BCUT2D eigenvalue weighted by molar-refractivity contribution is 6.09. The molecule has 184 valence electrons. The van der Waals surface area contributed by atoms with Gasteiger partial charge in [0, 0.05) is 41.2 Å². The number of fused-ring (bicyclic) bond motifs is 1. The molecule has 3 aromatic rings. The number of carbonyl (C=O) groups excluding carboxylic acids is 1. The molecule has 2 aliphatic rings. The number of carbonyl (C=O) groups is 2. The van der Waals surface area contributed by atoms with Crippen LogP contribution >= 0.6 is 0 Å². The lowest BCUT2D eigenvalue weighted by molar-refractivity contribution is 0.0924. The number of benzene rings is 1. The summed E-state index contributed by atoms with van der Waals surface area (Å²) >= 11 is 0. The van der Waals surface area contributed by atoms with Crippen LogP contribution in [0.4, 0.5) is 9.18 Å². The highest BCUT2D eigenvalue weighted by Gasteiger charge is 2.27. The second-order valence-corrected chi connectivity index (χ2v) is 9.57. The summed E-state index contributed by atoms with van der Waals surface area (Å²) in [7, 11) is 0. The number of pyridine rings is 1. The van der Waals surface area contributed by atoms with E-state index in [9.17, 15) is 14.0 Å². The Morgan fingerprint density at radius 2 is 1.80 bits per heavy atom. The molecule has 35 heavy (non-hydrogen) atoms. The van der Waals surface area contributed by atoms with E-state index in [2.05, 4.69) is 20.6 Å². The number of halogens is 1. The number of H-pyrrole nitrogens is 1. The number of hydrogen-bond acceptors (Lipinski definition) is 4. The van der Waals surface area contributed by atoms with Crippen LogP contribution in [-0.2, 0) is 0 Å². The Balaban J connectivity index is 1.39. The first-order valence-corrected chi connectivity index (χ1v) is 12.1. The molecule has 4 N–H and O–H groups in total. The van der Waals surface area contributed by atoms with Gasteiger partial charge in [-0.3, -0.25) is 9.78 Å². The SMILES string of the molecule is Cc1[nH]c2c(-c3ccc(F)cc3OCC3CC3)ccnc2c1C(=O)N[C@H]1CC[C@H](NC(=O)O)CC1. The molecule has 2 fully saturated rings. The molecule has 2 aliphatic carbocycles. The number of ether oxygens (including phenoxy) is 1. The van der Waals surface area contributed by atoms with Gasteiger partial charge in [0.25, 0.3) is 5.91 Å². The molecule has 1 aromatic carbocycles. The van der Waals surface area contributed by atoms with E-state index in [1.807, 2.05) is 13.0 Å². The second kappa shape index (κ2) is 9.56. The summed E-state index contributed by atoms with van der Waals surface area (Å²) in [5.41, 5.74) is 3.97. The van der Waals surface area contributed by atoms with E-state index >= 15 is 0 Å². The van der Waals surface area contributed by atoms with Crippen LogP contribution in [0, 0.1) is 18.7 Å². The molecule has 0 spiro atoms. The van der Waals surface area contributed by atoms with Crippen molar-refractivity contribution in [1.29, 1.82) is 0 Å². The number of nitrogens with one attached hydrogen (secondary N) is 3. The minimum atomic E-state index is -1.02. The summed E-state index contributed by atoms with van der Waals surface area (Å²) in [5, 5.41) is 14.5. The van der Waals surface area contributed by atoms with E-state index < -0.39 is 6.09 Å². The van der Waals surface area contributed by atoms with Gasteiger partial charge >= 0.3 is 6.09 Å². The highest BCUT2D eigenvalue weighted by Crippen LogP contribution is 2.38. The molecular weight excluding hydrogens is 451 g/mol. The summed E-state index contributed by atoms with van der Waals surface area (Å²) in [6.45, 7) is 2.40. The van der Waals surface area contributed by atoms with Gasteiger partial charge in [-0.1, -0.05) is 0 Å². The van der Waals surface area contributed by atoms with Crippen LogP contribution in [0.1, 0.15) is 54.6 Å². The second-order valence-electron chi connectivity index (χ2n) is 9.57. The van der Waals surface area contributed by atoms with Crippen molar-refractivity contribution in [1.82, 2.24) is 20.6 Å². The van der Waals surface area contributed by atoms with Gasteiger partial charge in [-0.05, 0) is 69.6 Å². The summed E-state index contributed by atoms with van der Waals surface area (Å²) < 4.78 is 20.0. The molecule has 2 saturated carbocycles. The normalized spacial score (nSPS) is 19.9. The molecule has 0 bridgehead atoms. The quantitative estimate of drug-likeness (QED) is 0.389. The van der Waals surface area contributed by atoms with Crippen LogP contribution in [0.15, 0.2) is 30.5 Å². The van der Waals surface area contributed by atoms with Crippen LogP contribution in [-0.4, -0.2) is 45.8 Å². The van der Waals surface area contributed by atoms with Gasteiger partial charge in [-0.15, -0.1) is 0 Å². The lowest BCUT2D eigenvalue weighted by atomic mass is 9.91. The molecule has 9 heteroatoms. The Labute approximate surface area is 202 Å². The highest BCUT2D eigenvalue weighted by atomic mass is 19.1. The van der Waals surface area contributed by atoms with Crippen LogP contribution in [0.2, 0.25) is 0 Å². The Hall–Kier alpha value is -3.62. The third kappa shape index (κ3) is 5.08. The lowest BCUT2D eigenvalue weighted by Gasteiger charge is -2.28. The van der Waals surface area contributed by atoms with E-state index in [0.29, 0.717) is 66.2 Å². The van der Waals surface area contributed by atoms with Gasteiger partial charge in [-0.25, -0.2) is 9.18 Å². The topological polar surface area (TPSA) is 116 Å². The zero-order valence-electron chi connectivity index (χ0n) is 19.6. The minimum absolute atomic E-state index is 0.0265. The van der Waals surface area contributed by atoms with Crippen LogP contribution in [0.3, 0.4) is 0 Å². The van der Waals surface area contributed by atoms with Crippen molar-refractivity contribution in [3.8, 4) is 16.9 Å². The molecular formula is C26H29FN4O4. The van der Waals surface area contributed by atoms with E-state index in [-0.39, 0.29) is 23.8 Å². The van der Waals surface area contributed by atoms with Crippen molar-refractivity contribution in [2.24, 2.45) is 5.92 Å². The van der Waals surface area contributed by atoms with Crippen molar-refractivity contribution in [2.45, 2.75) is 57.5 Å². The van der Waals surface area contributed by atoms with Gasteiger partial charge in [0.15, 0.2) is 0 Å². The maximum Gasteiger partial charge on any atom is 0.404 e. The number of carboxylic acid groups (broad SMARTS) is 1. The number of rotatable bonds is 7. The van der Waals surface area contributed by atoms with Gasteiger partial charge in [-0.2, -0.15) is 0 Å². The van der Waals surface area contributed by atoms with Crippen molar-refractivity contribution >= 4 is 23.0 Å². The molecule has 0 radical (unpaired) electrons. The van der Waals surface area contributed by atoms with Crippen LogP contribution < -0.4 is 15.4 Å². The Bertz CT molecular complexity index is 1260. The molecule has 2 aromatic heterocycles. The van der Waals surface area contributed by atoms with Gasteiger partial charge in [0.05, 0.1) is 17.7 Å². The lowest BCUT2D eigenvalue weighted by Crippen LogP contribution is -2.43. The maximum atomic E-state index is 14.0. The van der Waals surface area contributed by atoms with Crippen molar-refractivity contribution in [3.05, 3.63) is 47.5 Å². The predicted octanol–water partition coefficient (Wildman–Crippen LogP) is 4.77. The van der Waals surface area contributed by atoms with Crippen LogP contribution in [0.25, 0.3) is 22.2 Å². The standard InChI is InChI=1S/C26H29FN4O4/c1-14-22(25(32)30-17-5-7-18(8-6-17)31-26(33)34)24-23(29-14)20(10-11-28-24)19-9-4-16(27)12-21(19)35-13-15-2-3-15/h4,9-12,15,17-18,29,31H,2-3,5-8,13H2,1H3,(H,30,32)(H,33,34)/t17-,18-. The molecule has 0 aliphatic heterocycles. The summed E-state index contributed by atoms with van der Waals surface area (Å²) in [4.78, 5) is 31.9. The molecule has 2 heterocycles. The number of aromatic nitrogens is 2. The number of nitrogens with zero attached hydrogens (tertiary/aromatic N) is 1. The third-order valence-electron chi connectivity index (χ3n) is 6.90. The van der Waals surface area contributed by atoms with E-state index in [1.165, 1.54) is 12.1 Å². The molecule has 8 nitrogen and oxygen atoms in total. The zero-order chi connectivity index (χ0) is 24.5. The largest absolute Gasteiger partial charge is 0.493 e. The summed E-state index contributed by atoms with van der Waals surface area (Å²) in [6, 6.07) is 6.25. The number of amides is 2. The first-order chi connectivity index (χ1) is 16.9. The van der Waals surface area contributed by atoms with Gasteiger partial charge in [0.2, 0.25) is 0 Å². The summed E-state index contributed by atoms with van der Waals surface area (Å²) in [6.07, 6.45) is 5.67. The molecule has 0 unspecified atom stereocenters. The van der Waals surface area contributed by atoms with E-state index in [1.54, 1.807) is 12.3 Å². The smallest absolute Gasteiger partial charge is 0.404 e. The monoisotopic (exact) mass is 480 g/mol. The molecule has 5 rings (SSSR count). The fourth-order valence-corrected chi connectivity index (χ4v) is 4.85. The van der Waals surface area contributed by atoms with Crippen molar-refractivity contribution < 1.29 is 23.8 Å². The number of aryl methyl sites for hydroxylation is 1. The number of aromatic amines is 1. The molecule has 2 amide bonds. The Morgan fingerprint density at radius 3 is 2.49 bits per heavy atom. The number of hydrogen-bond donors (Lipinski definition) is 4. The first kappa shape index (κ1) is 23.1. The van der Waals surface area contributed by atoms with E-state index in [0.717, 1.165) is 24.0 Å². The van der Waals surface area contributed by atoms with Gasteiger partial charge < -0.3 is 25.5 Å². The van der Waals surface area contributed by atoms with Crippen molar-refractivity contribution in [2.75, 3.05) is 6.61 Å². The molecule has 0 atom stereocenters. The predicted molar refractivity (Wildman–Crippen MR) is 129 cm³/mol. The minimum Gasteiger partial charge on any atom is -0.493 e. The maximum absolute atomic E-state index is 14.0. The fourth-order valence-electron chi connectivity index (χ4n) is 4.85. The fraction of sp³-hybridized carbons (Fsp3) is 0.423. The third-order valence-corrected chi connectivity index (χ3v) is 6.90. The first-order valence-electron chi connectivity index (χ1n) is 12.1. The molecule has 0 saturated heterocycles. The summed E-state index contributed by atoms with van der Waals surface area (Å²) in [5.74, 6) is 0.439. The van der Waals surface area contributed by atoms with Crippen molar-refractivity contribution in [3.63, 3.8) is 0 Å².